The number of rotatable bonds is 3. The van der Waals surface area contributed by atoms with Crippen LogP contribution in [0.15, 0.2) is 24.3 Å². The Hall–Kier alpha value is -1.95. The summed E-state index contributed by atoms with van der Waals surface area (Å²) in [5.41, 5.74) is 0.475. The zero-order valence-electron chi connectivity index (χ0n) is 13.2. The molecule has 2 atom stereocenters. The average Bonchev–Trinajstić information content (AvgIpc) is 2.95. The van der Waals surface area contributed by atoms with Crippen molar-refractivity contribution in [2.45, 2.75) is 19.4 Å². The van der Waals surface area contributed by atoms with Crippen LogP contribution in [0.1, 0.15) is 25.0 Å². The van der Waals surface area contributed by atoms with Gasteiger partial charge in [0.1, 0.15) is 11.9 Å². The third-order valence-electron chi connectivity index (χ3n) is 4.58. The largest absolute Gasteiger partial charge is 0.370 e. The van der Waals surface area contributed by atoms with E-state index < -0.39 is 6.10 Å². The summed E-state index contributed by atoms with van der Waals surface area (Å²) in [4.78, 5) is 27.9. The normalized spacial score (nSPS) is 25.0. The zero-order chi connectivity index (χ0) is 16.4. The van der Waals surface area contributed by atoms with Gasteiger partial charge < -0.3 is 14.5 Å². The van der Waals surface area contributed by atoms with Crippen LogP contribution in [-0.2, 0) is 14.3 Å². The van der Waals surface area contributed by atoms with Crippen LogP contribution in [0.4, 0.5) is 4.39 Å². The van der Waals surface area contributed by atoms with Crippen LogP contribution in [0.2, 0.25) is 0 Å². The van der Waals surface area contributed by atoms with Gasteiger partial charge in [-0.2, -0.15) is 0 Å². The van der Waals surface area contributed by atoms with E-state index in [1.54, 1.807) is 28.0 Å². The summed E-state index contributed by atoms with van der Waals surface area (Å²) in [6.07, 6.45) is -0.178. The Labute approximate surface area is 135 Å². The van der Waals surface area contributed by atoms with Gasteiger partial charge in [-0.3, -0.25) is 9.59 Å². The Bertz CT molecular complexity index is 607. The second-order valence-corrected chi connectivity index (χ2v) is 6.00. The van der Waals surface area contributed by atoms with Crippen LogP contribution in [0.3, 0.4) is 0 Å². The maximum atomic E-state index is 13.9. The molecule has 5 nitrogen and oxygen atoms in total. The van der Waals surface area contributed by atoms with Crippen molar-refractivity contribution in [2.75, 3.05) is 32.8 Å². The Balaban J connectivity index is 1.68. The lowest BCUT2D eigenvalue weighted by molar-refractivity contribution is -0.143. The summed E-state index contributed by atoms with van der Waals surface area (Å²) in [6.45, 7) is 4.22. The molecule has 2 heterocycles. The van der Waals surface area contributed by atoms with Gasteiger partial charge in [0.2, 0.25) is 11.8 Å². The van der Waals surface area contributed by atoms with Gasteiger partial charge in [0, 0.05) is 31.6 Å². The Kier molecular flexibility index (Phi) is 4.61. The lowest BCUT2D eigenvalue weighted by atomic mass is 10.0. The van der Waals surface area contributed by atoms with E-state index in [9.17, 15) is 14.0 Å². The molecular formula is C17H21FN2O3. The minimum Gasteiger partial charge on any atom is -0.370 e. The molecule has 0 spiro atoms. The molecule has 6 heteroatoms. The van der Waals surface area contributed by atoms with Crippen molar-refractivity contribution in [2.24, 2.45) is 5.92 Å². The van der Waals surface area contributed by atoms with Crippen LogP contribution in [-0.4, -0.2) is 54.4 Å². The molecule has 0 bridgehead atoms. The van der Waals surface area contributed by atoms with Crippen molar-refractivity contribution < 1.29 is 18.7 Å². The van der Waals surface area contributed by atoms with E-state index in [0.29, 0.717) is 38.3 Å². The monoisotopic (exact) mass is 320 g/mol. The van der Waals surface area contributed by atoms with Crippen LogP contribution in [0, 0.1) is 11.7 Å². The van der Waals surface area contributed by atoms with Crippen LogP contribution < -0.4 is 0 Å². The van der Waals surface area contributed by atoms with Gasteiger partial charge in [-0.1, -0.05) is 18.2 Å². The number of halogens is 1. The van der Waals surface area contributed by atoms with Crippen LogP contribution in [0.5, 0.6) is 0 Å². The highest BCUT2D eigenvalue weighted by Gasteiger charge is 2.37. The van der Waals surface area contributed by atoms with E-state index in [4.69, 9.17) is 4.74 Å². The Morgan fingerprint density at radius 1 is 1.35 bits per heavy atom. The molecule has 1 aromatic rings. The van der Waals surface area contributed by atoms with E-state index in [-0.39, 0.29) is 30.0 Å². The fourth-order valence-corrected chi connectivity index (χ4v) is 3.28. The highest BCUT2D eigenvalue weighted by Crippen LogP contribution is 2.27. The smallest absolute Gasteiger partial charge is 0.228 e. The fraction of sp³-hybridized carbons (Fsp3) is 0.529. The molecule has 1 aromatic carbocycles. The van der Waals surface area contributed by atoms with E-state index in [2.05, 4.69) is 0 Å². The minimum atomic E-state index is -0.451. The van der Waals surface area contributed by atoms with Crippen molar-refractivity contribution in [1.29, 1.82) is 0 Å². The third kappa shape index (κ3) is 3.22. The molecule has 2 aliphatic heterocycles. The first-order valence-corrected chi connectivity index (χ1v) is 8.02. The molecule has 2 aliphatic rings. The summed E-state index contributed by atoms with van der Waals surface area (Å²) < 4.78 is 19.6. The molecule has 124 valence electrons. The Morgan fingerprint density at radius 2 is 2.13 bits per heavy atom. The number of nitrogens with zero attached hydrogens (tertiary/aromatic N) is 2. The number of ether oxygens (including phenoxy) is 1. The highest BCUT2D eigenvalue weighted by atomic mass is 19.1. The SMILES string of the molecule is CCN1C[C@H](C(=O)N2CCO[C@H](c3ccccc3F)C2)CC1=O. The summed E-state index contributed by atoms with van der Waals surface area (Å²) in [5.74, 6) is -0.606. The topological polar surface area (TPSA) is 49.9 Å². The molecule has 2 fully saturated rings. The molecule has 23 heavy (non-hydrogen) atoms. The molecular weight excluding hydrogens is 299 g/mol. The number of benzene rings is 1. The van der Waals surface area contributed by atoms with Crippen molar-refractivity contribution in [3.63, 3.8) is 0 Å². The molecule has 0 radical (unpaired) electrons. The van der Waals surface area contributed by atoms with Gasteiger partial charge in [0.15, 0.2) is 0 Å². The average molecular weight is 320 g/mol. The first-order chi connectivity index (χ1) is 11.1. The van der Waals surface area contributed by atoms with E-state index in [0.717, 1.165) is 0 Å². The van der Waals surface area contributed by atoms with Crippen molar-refractivity contribution in [1.82, 2.24) is 9.80 Å². The summed E-state index contributed by atoms with van der Waals surface area (Å²) in [5, 5.41) is 0. The van der Waals surface area contributed by atoms with Crippen LogP contribution in [0.25, 0.3) is 0 Å². The number of morpholine rings is 1. The minimum absolute atomic E-state index is 0.0288. The van der Waals surface area contributed by atoms with Crippen molar-refractivity contribution in [3.8, 4) is 0 Å². The second-order valence-electron chi connectivity index (χ2n) is 6.00. The quantitative estimate of drug-likeness (QED) is 0.850. The van der Waals surface area contributed by atoms with Crippen LogP contribution >= 0.6 is 0 Å². The first-order valence-electron chi connectivity index (χ1n) is 8.02. The van der Waals surface area contributed by atoms with E-state index in [1.165, 1.54) is 6.07 Å². The predicted octanol–water partition coefficient (Wildman–Crippen LogP) is 1.59. The maximum absolute atomic E-state index is 13.9. The molecule has 2 amide bonds. The molecule has 3 rings (SSSR count). The highest BCUT2D eigenvalue weighted by molar-refractivity contribution is 5.89. The summed E-state index contributed by atoms with van der Waals surface area (Å²) in [6, 6.07) is 6.48. The molecule has 0 aliphatic carbocycles. The summed E-state index contributed by atoms with van der Waals surface area (Å²) in [7, 11) is 0. The van der Waals surface area contributed by atoms with Crippen molar-refractivity contribution >= 4 is 11.8 Å². The van der Waals surface area contributed by atoms with Crippen molar-refractivity contribution in [3.05, 3.63) is 35.6 Å². The molecule has 0 unspecified atom stereocenters. The molecule has 0 aromatic heterocycles. The molecule has 2 saturated heterocycles. The van der Waals surface area contributed by atoms with Gasteiger partial charge in [-0.05, 0) is 13.0 Å². The number of amides is 2. The van der Waals surface area contributed by atoms with Gasteiger partial charge >= 0.3 is 0 Å². The number of hydrogen-bond acceptors (Lipinski definition) is 3. The van der Waals surface area contributed by atoms with Gasteiger partial charge in [-0.25, -0.2) is 4.39 Å². The predicted molar refractivity (Wildman–Crippen MR) is 82.0 cm³/mol. The van der Waals surface area contributed by atoms with Gasteiger partial charge in [0.05, 0.1) is 19.1 Å². The second kappa shape index (κ2) is 6.66. The molecule has 0 N–H and O–H groups in total. The number of carbonyl (C=O) groups excluding carboxylic acids is 2. The lowest BCUT2D eigenvalue weighted by Crippen LogP contribution is -2.45. The van der Waals surface area contributed by atoms with E-state index in [1.807, 2.05) is 6.92 Å². The summed E-state index contributed by atoms with van der Waals surface area (Å²) >= 11 is 0. The van der Waals surface area contributed by atoms with E-state index >= 15 is 0 Å². The van der Waals surface area contributed by atoms with Gasteiger partial charge in [-0.15, -0.1) is 0 Å². The zero-order valence-corrected chi connectivity index (χ0v) is 13.2. The standard InChI is InChI=1S/C17H21FN2O3/c1-2-19-10-12(9-16(19)21)17(22)20-7-8-23-15(11-20)13-5-3-4-6-14(13)18/h3-6,12,15H,2,7-11H2,1H3/t12-,15+/m1/s1. The number of hydrogen-bond donors (Lipinski definition) is 0. The van der Waals surface area contributed by atoms with Gasteiger partial charge in [0.25, 0.3) is 0 Å². The fourth-order valence-electron chi connectivity index (χ4n) is 3.28. The maximum Gasteiger partial charge on any atom is 0.228 e. The number of likely N-dealkylation sites (tertiary alicyclic amines) is 1. The Morgan fingerprint density at radius 3 is 2.83 bits per heavy atom. The first kappa shape index (κ1) is 15.9. The lowest BCUT2D eigenvalue weighted by Gasteiger charge is -2.34. The third-order valence-corrected chi connectivity index (χ3v) is 4.58. The number of carbonyl (C=O) groups is 2. The molecule has 0 saturated carbocycles.